The molecule has 1 aliphatic rings. The average Bonchev–Trinajstić information content (AvgIpc) is 2.09. The fourth-order valence-electron chi connectivity index (χ4n) is 2.44. The van der Waals surface area contributed by atoms with Crippen LogP contribution < -0.4 is 0 Å². The van der Waals surface area contributed by atoms with Crippen molar-refractivity contribution in [3.05, 3.63) is 0 Å². The molecular weight excluding hydrogens is 188 g/mol. The Bertz CT molecular complexity index is 146. The fourth-order valence-corrected chi connectivity index (χ4v) is 6.93. The molecule has 0 atom stereocenters. The van der Waals surface area contributed by atoms with Gasteiger partial charge in [-0.2, -0.15) is 0 Å². The van der Waals surface area contributed by atoms with E-state index in [1.165, 1.54) is 57.0 Å². The van der Waals surface area contributed by atoms with E-state index in [9.17, 15) is 4.80 Å². The molecule has 1 rings (SSSR count). The van der Waals surface area contributed by atoms with Gasteiger partial charge in [0.05, 0.1) is 0 Å². The lowest BCUT2D eigenvalue weighted by molar-refractivity contribution is 0.399. The van der Waals surface area contributed by atoms with Crippen LogP contribution in [0.5, 0.6) is 0 Å². The second kappa shape index (κ2) is 5.91. The maximum Gasteiger partial charge on any atom is 0.191 e. The topological polar surface area (TPSA) is 20.2 Å². The molecule has 0 saturated heterocycles. The third-order valence-electron chi connectivity index (χ3n) is 3.79. The Morgan fingerprint density at radius 1 is 1.07 bits per heavy atom. The van der Waals surface area contributed by atoms with Crippen LogP contribution in [-0.4, -0.2) is 13.1 Å². The van der Waals surface area contributed by atoms with Crippen molar-refractivity contribution in [2.45, 2.75) is 76.4 Å². The molecule has 0 aliphatic heterocycles. The first-order valence-corrected chi connectivity index (χ1v) is 8.89. The van der Waals surface area contributed by atoms with Crippen LogP contribution in [0.4, 0.5) is 0 Å². The maximum absolute atomic E-state index is 10.7. The van der Waals surface area contributed by atoms with Gasteiger partial charge >= 0.3 is 0 Å². The molecule has 0 aromatic rings. The van der Waals surface area contributed by atoms with Gasteiger partial charge in [0, 0.05) is 0 Å². The minimum atomic E-state index is -1.81. The zero-order chi connectivity index (χ0) is 10.4. The number of unbranched alkanes of at least 4 members (excludes halogenated alkanes) is 2. The molecule has 1 N–H and O–H groups in total. The molecule has 0 bridgehead atoms. The highest BCUT2D eigenvalue weighted by atomic mass is 28.4. The number of hydrogen-bond acceptors (Lipinski definition) is 1. The summed E-state index contributed by atoms with van der Waals surface area (Å²) >= 11 is 0. The summed E-state index contributed by atoms with van der Waals surface area (Å²) in [5.74, 6) is 0. The first-order chi connectivity index (χ1) is 6.73. The van der Waals surface area contributed by atoms with Gasteiger partial charge in [-0.1, -0.05) is 58.8 Å². The van der Waals surface area contributed by atoms with Crippen molar-refractivity contribution in [2.24, 2.45) is 0 Å². The Morgan fingerprint density at radius 3 is 1.86 bits per heavy atom. The van der Waals surface area contributed by atoms with Crippen molar-refractivity contribution in [1.29, 1.82) is 0 Å². The Labute approximate surface area is 90.0 Å². The van der Waals surface area contributed by atoms with Crippen molar-refractivity contribution in [1.82, 2.24) is 0 Å². The molecule has 0 radical (unpaired) electrons. The van der Waals surface area contributed by atoms with Gasteiger partial charge in [0.15, 0.2) is 8.32 Å². The molecule has 2 heteroatoms. The summed E-state index contributed by atoms with van der Waals surface area (Å²) in [5, 5.41) is 0. The first-order valence-electron chi connectivity index (χ1n) is 6.45. The van der Waals surface area contributed by atoms with E-state index < -0.39 is 8.32 Å². The Balaban J connectivity index is 2.39. The third kappa shape index (κ3) is 3.09. The highest BCUT2D eigenvalue weighted by Gasteiger charge is 2.41. The van der Waals surface area contributed by atoms with Gasteiger partial charge in [-0.15, -0.1) is 0 Å². The molecule has 0 aromatic carbocycles. The van der Waals surface area contributed by atoms with Crippen molar-refractivity contribution in [3.63, 3.8) is 0 Å². The number of rotatable bonds is 7. The van der Waals surface area contributed by atoms with Gasteiger partial charge in [-0.3, -0.25) is 0 Å². The van der Waals surface area contributed by atoms with Gasteiger partial charge in [-0.05, 0) is 17.6 Å². The van der Waals surface area contributed by atoms with Crippen LogP contribution in [0.3, 0.4) is 0 Å². The van der Waals surface area contributed by atoms with Gasteiger partial charge < -0.3 is 4.80 Å². The molecule has 84 valence electrons. The highest BCUT2D eigenvalue weighted by molar-refractivity contribution is 6.74. The Hall–Kier alpha value is 0.177. The van der Waals surface area contributed by atoms with Crippen LogP contribution in [0.1, 0.15) is 58.8 Å². The van der Waals surface area contributed by atoms with Crippen molar-refractivity contribution < 1.29 is 4.80 Å². The number of hydrogen-bond donors (Lipinski definition) is 1. The minimum absolute atomic E-state index is 0.764. The molecule has 1 aliphatic carbocycles. The Morgan fingerprint density at radius 2 is 1.57 bits per heavy atom. The Kier molecular flexibility index (Phi) is 5.17. The molecule has 0 unspecified atom stereocenters. The average molecular weight is 214 g/mol. The van der Waals surface area contributed by atoms with E-state index in [-0.39, 0.29) is 0 Å². The second-order valence-corrected chi connectivity index (χ2v) is 8.96. The largest absolute Gasteiger partial charge is 0.431 e. The van der Waals surface area contributed by atoms with E-state index in [0.717, 1.165) is 5.54 Å². The van der Waals surface area contributed by atoms with Gasteiger partial charge in [0.2, 0.25) is 0 Å². The lowest BCUT2D eigenvalue weighted by Gasteiger charge is -2.39. The fraction of sp³-hybridized carbons (Fsp3) is 1.00. The smallest absolute Gasteiger partial charge is 0.191 e. The predicted molar refractivity (Wildman–Crippen MR) is 65.0 cm³/mol. The molecule has 0 spiro atoms. The SMILES string of the molecule is CCCC[Si](O)(CCCC)C1CCC1. The van der Waals surface area contributed by atoms with Crippen molar-refractivity contribution >= 4 is 8.32 Å². The normalized spacial score (nSPS) is 18.2. The molecular formula is C12H26OSi. The molecule has 1 nitrogen and oxygen atoms in total. The summed E-state index contributed by atoms with van der Waals surface area (Å²) in [7, 11) is -1.81. The highest BCUT2D eigenvalue weighted by Crippen LogP contribution is 2.44. The second-order valence-electron chi connectivity index (χ2n) is 4.94. The summed E-state index contributed by atoms with van der Waals surface area (Å²) in [5.41, 5.74) is 0.764. The summed E-state index contributed by atoms with van der Waals surface area (Å²) in [6.45, 7) is 4.46. The summed E-state index contributed by atoms with van der Waals surface area (Å²) < 4.78 is 0. The van der Waals surface area contributed by atoms with Crippen LogP contribution in [0.2, 0.25) is 17.6 Å². The molecule has 0 heterocycles. The van der Waals surface area contributed by atoms with E-state index in [1.807, 2.05) is 0 Å². The van der Waals surface area contributed by atoms with Crippen LogP contribution in [0.25, 0.3) is 0 Å². The zero-order valence-electron chi connectivity index (χ0n) is 9.89. The quantitative estimate of drug-likeness (QED) is 0.633. The standard InChI is InChI=1S/C12H26OSi/c1-3-5-10-14(13,11-6-4-2)12-8-7-9-12/h12-13H,3-11H2,1-2H3. The molecule has 0 aromatic heterocycles. The summed E-state index contributed by atoms with van der Waals surface area (Å²) in [6.07, 6.45) is 9.03. The van der Waals surface area contributed by atoms with Gasteiger partial charge in [0.1, 0.15) is 0 Å². The first kappa shape index (κ1) is 12.2. The lowest BCUT2D eigenvalue weighted by atomic mass is 10.00. The summed E-state index contributed by atoms with van der Waals surface area (Å²) in [4.78, 5) is 10.7. The van der Waals surface area contributed by atoms with Crippen LogP contribution in [0.15, 0.2) is 0 Å². The van der Waals surface area contributed by atoms with Gasteiger partial charge in [-0.25, -0.2) is 0 Å². The lowest BCUT2D eigenvalue weighted by Crippen LogP contribution is -2.43. The molecule has 0 amide bonds. The van der Waals surface area contributed by atoms with E-state index in [1.54, 1.807) is 0 Å². The van der Waals surface area contributed by atoms with E-state index in [4.69, 9.17) is 0 Å². The maximum atomic E-state index is 10.7. The van der Waals surface area contributed by atoms with Crippen LogP contribution >= 0.6 is 0 Å². The van der Waals surface area contributed by atoms with Crippen LogP contribution in [0, 0.1) is 0 Å². The molecule has 1 saturated carbocycles. The van der Waals surface area contributed by atoms with Crippen molar-refractivity contribution in [2.75, 3.05) is 0 Å². The third-order valence-corrected chi connectivity index (χ3v) is 8.33. The van der Waals surface area contributed by atoms with Gasteiger partial charge in [0.25, 0.3) is 0 Å². The summed E-state index contributed by atoms with van der Waals surface area (Å²) in [6, 6.07) is 2.35. The molecule has 1 fully saturated rings. The van der Waals surface area contributed by atoms with E-state index in [2.05, 4.69) is 13.8 Å². The zero-order valence-corrected chi connectivity index (χ0v) is 10.9. The van der Waals surface area contributed by atoms with Crippen molar-refractivity contribution in [3.8, 4) is 0 Å². The minimum Gasteiger partial charge on any atom is -0.431 e. The van der Waals surface area contributed by atoms with E-state index in [0.29, 0.717) is 0 Å². The monoisotopic (exact) mass is 214 g/mol. The predicted octanol–water partition coefficient (Wildman–Crippen LogP) is 4.08. The molecule has 14 heavy (non-hydrogen) atoms. The van der Waals surface area contributed by atoms with Crippen LogP contribution in [-0.2, 0) is 0 Å². The van der Waals surface area contributed by atoms with E-state index >= 15 is 0 Å².